The zero-order chi connectivity index (χ0) is 14.0. The van der Waals surface area contributed by atoms with Crippen molar-refractivity contribution in [3.8, 4) is 0 Å². The molecule has 0 heterocycles. The van der Waals surface area contributed by atoms with Gasteiger partial charge in [-0.1, -0.05) is 22.0 Å². The molecule has 0 amide bonds. The Labute approximate surface area is 118 Å². The summed E-state index contributed by atoms with van der Waals surface area (Å²) >= 11 is 3.24. The van der Waals surface area contributed by atoms with Crippen LogP contribution in [0.15, 0.2) is 51.8 Å². The van der Waals surface area contributed by atoms with Gasteiger partial charge < -0.3 is 5.73 Å². The Morgan fingerprint density at radius 3 is 2.53 bits per heavy atom. The normalized spacial score (nSPS) is 11.3. The van der Waals surface area contributed by atoms with E-state index >= 15 is 0 Å². The maximum Gasteiger partial charge on any atom is 0.261 e. The minimum absolute atomic E-state index is 0.0959. The summed E-state index contributed by atoms with van der Waals surface area (Å²) in [6.45, 7) is 0. The quantitative estimate of drug-likeness (QED) is 0.840. The number of benzene rings is 2. The van der Waals surface area contributed by atoms with Crippen molar-refractivity contribution in [1.82, 2.24) is 0 Å². The van der Waals surface area contributed by atoms with Crippen LogP contribution < -0.4 is 10.5 Å². The summed E-state index contributed by atoms with van der Waals surface area (Å²) in [6, 6.07) is 9.99. The van der Waals surface area contributed by atoms with Crippen molar-refractivity contribution < 1.29 is 12.8 Å². The van der Waals surface area contributed by atoms with E-state index in [2.05, 4.69) is 20.7 Å². The van der Waals surface area contributed by atoms with Gasteiger partial charge in [0.2, 0.25) is 0 Å². The van der Waals surface area contributed by atoms with E-state index in [0.29, 0.717) is 5.69 Å². The molecule has 0 bridgehead atoms. The van der Waals surface area contributed by atoms with Crippen LogP contribution in [-0.2, 0) is 10.0 Å². The molecule has 0 atom stereocenters. The molecule has 0 spiro atoms. The largest absolute Gasteiger partial charge is 0.396 e. The summed E-state index contributed by atoms with van der Waals surface area (Å²) in [7, 11) is -3.84. The smallest absolute Gasteiger partial charge is 0.261 e. The fraction of sp³-hybridized carbons (Fsp3) is 0. The van der Waals surface area contributed by atoms with E-state index in [-0.39, 0.29) is 10.6 Å². The molecule has 0 fully saturated rings. The van der Waals surface area contributed by atoms with E-state index in [1.807, 2.05) is 0 Å². The van der Waals surface area contributed by atoms with Crippen LogP contribution in [0.1, 0.15) is 0 Å². The second-order valence-electron chi connectivity index (χ2n) is 3.80. The van der Waals surface area contributed by atoms with Gasteiger partial charge in [-0.3, -0.25) is 4.72 Å². The number of sulfonamides is 1. The van der Waals surface area contributed by atoms with Crippen LogP contribution in [-0.4, -0.2) is 8.42 Å². The number of nitrogens with one attached hydrogen (secondary N) is 1. The van der Waals surface area contributed by atoms with E-state index < -0.39 is 15.8 Å². The molecule has 7 heteroatoms. The van der Waals surface area contributed by atoms with Gasteiger partial charge in [-0.15, -0.1) is 0 Å². The van der Waals surface area contributed by atoms with Crippen molar-refractivity contribution >= 4 is 37.3 Å². The maximum absolute atomic E-state index is 13.3. The highest BCUT2D eigenvalue weighted by Crippen LogP contribution is 2.21. The van der Waals surface area contributed by atoms with E-state index in [9.17, 15) is 12.8 Å². The van der Waals surface area contributed by atoms with E-state index in [1.165, 1.54) is 12.1 Å². The molecule has 3 N–H and O–H groups in total. The first-order chi connectivity index (χ1) is 8.88. The lowest BCUT2D eigenvalue weighted by Crippen LogP contribution is -2.13. The Morgan fingerprint density at radius 1 is 1.16 bits per heavy atom. The fourth-order valence-electron chi connectivity index (χ4n) is 1.44. The van der Waals surface area contributed by atoms with E-state index in [0.717, 1.165) is 10.5 Å². The first kappa shape index (κ1) is 13.8. The fourth-order valence-corrected chi connectivity index (χ4v) is 2.90. The molecule has 0 unspecified atom stereocenters. The number of nitrogen functional groups attached to an aromatic ring is 1. The number of hydrogen-bond acceptors (Lipinski definition) is 3. The lowest BCUT2D eigenvalue weighted by Gasteiger charge is -2.09. The first-order valence-corrected chi connectivity index (χ1v) is 7.49. The third kappa shape index (κ3) is 3.24. The number of halogens is 2. The monoisotopic (exact) mass is 344 g/mol. The van der Waals surface area contributed by atoms with Crippen LogP contribution in [0.5, 0.6) is 0 Å². The average Bonchev–Trinajstić information content (AvgIpc) is 2.32. The molecule has 0 saturated heterocycles. The second kappa shape index (κ2) is 5.18. The number of anilines is 2. The van der Waals surface area contributed by atoms with Crippen molar-refractivity contribution in [1.29, 1.82) is 0 Å². The molecule has 2 aromatic rings. The Hall–Kier alpha value is -1.60. The minimum Gasteiger partial charge on any atom is -0.396 e. The summed E-state index contributed by atoms with van der Waals surface area (Å²) in [5, 5.41) is 0. The Bertz CT molecular complexity index is 719. The highest BCUT2D eigenvalue weighted by Gasteiger charge is 2.16. The van der Waals surface area contributed by atoms with Crippen LogP contribution in [0, 0.1) is 5.82 Å². The molecule has 0 radical (unpaired) electrons. The lowest BCUT2D eigenvalue weighted by atomic mass is 10.3. The van der Waals surface area contributed by atoms with E-state index in [1.54, 1.807) is 24.3 Å². The zero-order valence-electron chi connectivity index (χ0n) is 9.60. The molecule has 2 aromatic carbocycles. The Kier molecular flexibility index (Phi) is 3.77. The molecule has 100 valence electrons. The van der Waals surface area contributed by atoms with Gasteiger partial charge >= 0.3 is 0 Å². The van der Waals surface area contributed by atoms with Crippen molar-refractivity contribution in [2.45, 2.75) is 4.90 Å². The van der Waals surface area contributed by atoms with Crippen LogP contribution in [0.3, 0.4) is 0 Å². The average molecular weight is 345 g/mol. The zero-order valence-corrected chi connectivity index (χ0v) is 12.0. The van der Waals surface area contributed by atoms with Crippen LogP contribution in [0.2, 0.25) is 0 Å². The van der Waals surface area contributed by atoms with Crippen molar-refractivity contribution in [3.63, 3.8) is 0 Å². The number of hydrogen-bond donors (Lipinski definition) is 2. The predicted octanol–water partition coefficient (Wildman–Crippen LogP) is 2.97. The SMILES string of the molecule is Nc1ccc(S(=O)(=O)Nc2cccc(Br)c2)cc1F. The standard InChI is InChI=1S/C12H10BrFN2O2S/c13-8-2-1-3-9(6-8)16-19(17,18)10-4-5-12(15)11(14)7-10/h1-7,16H,15H2. The maximum atomic E-state index is 13.3. The lowest BCUT2D eigenvalue weighted by molar-refractivity contribution is 0.596. The molecule has 0 aliphatic carbocycles. The molecule has 4 nitrogen and oxygen atoms in total. The van der Waals surface area contributed by atoms with Crippen molar-refractivity contribution in [2.24, 2.45) is 0 Å². The van der Waals surface area contributed by atoms with Gasteiger partial charge in [0.15, 0.2) is 0 Å². The number of nitrogens with two attached hydrogens (primary N) is 1. The molecule has 0 saturated carbocycles. The van der Waals surface area contributed by atoms with Gasteiger partial charge in [-0.05, 0) is 36.4 Å². The number of rotatable bonds is 3. The summed E-state index contributed by atoms with van der Waals surface area (Å²) < 4.78 is 40.5. The van der Waals surface area contributed by atoms with Crippen LogP contribution in [0.4, 0.5) is 15.8 Å². The summed E-state index contributed by atoms with van der Waals surface area (Å²) in [5.41, 5.74) is 5.59. The van der Waals surface area contributed by atoms with Gasteiger partial charge in [0.05, 0.1) is 10.6 Å². The van der Waals surface area contributed by atoms with Gasteiger partial charge in [0.1, 0.15) is 5.82 Å². The van der Waals surface area contributed by atoms with Gasteiger partial charge in [-0.25, -0.2) is 12.8 Å². The summed E-state index contributed by atoms with van der Waals surface area (Å²) in [4.78, 5) is -0.181. The van der Waals surface area contributed by atoms with Gasteiger partial charge in [-0.2, -0.15) is 0 Å². The molecular weight excluding hydrogens is 335 g/mol. The molecule has 0 aliphatic rings. The molecule has 19 heavy (non-hydrogen) atoms. The molecule has 0 aromatic heterocycles. The topological polar surface area (TPSA) is 72.2 Å². The molecule has 2 rings (SSSR count). The van der Waals surface area contributed by atoms with Gasteiger partial charge in [0.25, 0.3) is 10.0 Å². The third-order valence-corrected chi connectivity index (χ3v) is 4.23. The molecular formula is C12H10BrFN2O2S. The predicted molar refractivity (Wildman–Crippen MR) is 75.8 cm³/mol. The van der Waals surface area contributed by atoms with Crippen LogP contribution >= 0.6 is 15.9 Å². The second-order valence-corrected chi connectivity index (χ2v) is 6.40. The third-order valence-electron chi connectivity index (χ3n) is 2.36. The van der Waals surface area contributed by atoms with Crippen molar-refractivity contribution in [2.75, 3.05) is 10.5 Å². The summed E-state index contributed by atoms with van der Waals surface area (Å²) in [5.74, 6) is -0.767. The highest BCUT2D eigenvalue weighted by molar-refractivity contribution is 9.10. The van der Waals surface area contributed by atoms with Gasteiger partial charge in [0, 0.05) is 10.2 Å². The first-order valence-electron chi connectivity index (χ1n) is 5.22. The molecule has 0 aliphatic heterocycles. The van der Waals surface area contributed by atoms with Crippen molar-refractivity contribution in [3.05, 3.63) is 52.8 Å². The minimum atomic E-state index is -3.84. The Morgan fingerprint density at radius 2 is 1.89 bits per heavy atom. The van der Waals surface area contributed by atoms with E-state index in [4.69, 9.17) is 5.73 Å². The summed E-state index contributed by atoms with van der Waals surface area (Å²) in [6.07, 6.45) is 0. The van der Waals surface area contributed by atoms with Crippen LogP contribution in [0.25, 0.3) is 0 Å². The Balaban J connectivity index is 2.35. The highest BCUT2D eigenvalue weighted by atomic mass is 79.9.